The molecule has 2 heteroatoms. The minimum Gasteiger partial charge on any atom is -0.392 e. The zero-order chi connectivity index (χ0) is 15.7. The van der Waals surface area contributed by atoms with Crippen molar-refractivity contribution in [1.82, 2.24) is 4.98 Å². The van der Waals surface area contributed by atoms with E-state index in [2.05, 4.69) is 62.8 Å². The number of allylic oxidation sites excluding steroid dienone is 1. The number of hydrogen-bond donors (Lipinski definition) is 2. The van der Waals surface area contributed by atoms with Crippen molar-refractivity contribution in [3.8, 4) is 0 Å². The highest BCUT2D eigenvalue weighted by atomic mass is 16.3. The summed E-state index contributed by atoms with van der Waals surface area (Å²) in [5, 5.41) is 12.0. The van der Waals surface area contributed by atoms with E-state index in [9.17, 15) is 5.11 Å². The Morgan fingerprint density at radius 1 is 1.32 bits per heavy atom. The lowest BCUT2D eigenvalue weighted by atomic mass is 9.57. The number of H-pyrrole nitrogens is 1. The molecule has 2 N–H and O–H groups in total. The molecule has 3 atom stereocenters. The van der Waals surface area contributed by atoms with Crippen molar-refractivity contribution in [2.24, 2.45) is 11.3 Å². The number of rotatable bonds is 1. The van der Waals surface area contributed by atoms with Crippen LogP contribution in [0.15, 0.2) is 43.1 Å². The fraction of sp³-hybridized carbons (Fsp3) is 0.400. The molecule has 22 heavy (non-hydrogen) atoms. The SMILES string of the molecule is C=C[C@]1(C)C=C2c3c[nH]c4cccc(c34)C(C)(C)[C@H]2C[C@H]1O. The lowest BCUT2D eigenvalue weighted by molar-refractivity contribution is 0.0625. The van der Waals surface area contributed by atoms with Gasteiger partial charge in [-0.2, -0.15) is 0 Å². The van der Waals surface area contributed by atoms with E-state index in [1.165, 1.54) is 27.6 Å². The topological polar surface area (TPSA) is 36.0 Å². The first-order valence-electron chi connectivity index (χ1n) is 8.04. The Morgan fingerprint density at radius 2 is 2.09 bits per heavy atom. The maximum Gasteiger partial charge on any atom is 0.0669 e. The number of nitrogens with one attached hydrogen (secondary N) is 1. The van der Waals surface area contributed by atoms with Gasteiger partial charge in [-0.05, 0) is 35.0 Å². The van der Waals surface area contributed by atoms with Gasteiger partial charge in [0.05, 0.1) is 6.10 Å². The van der Waals surface area contributed by atoms with Crippen LogP contribution in [0.5, 0.6) is 0 Å². The monoisotopic (exact) mass is 293 g/mol. The summed E-state index contributed by atoms with van der Waals surface area (Å²) in [6.07, 6.45) is 6.67. The van der Waals surface area contributed by atoms with Crippen LogP contribution >= 0.6 is 0 Å². The lowest BCUT2D eigenvalue weighted by Crippen LogP contribution is -2.43. The Morgan fingerprint density at radius 3 is 2.82 bits per heavy atom. The van der Waals surface area contributed by atoms with E-state index in [1.54, 1.807) is 0 Å². The van der Waals surface area contributed by atoms with Crippen LogP contribution in [0.1, 0.15) is 38.3 Å². The van der Waals surface area contributed by atoms with Gasteiger partial charge >= 0.3 is 0 Å². The van der Waals surface area contributed by atoms with Crippen molar-refractivity contribution in [3.05, 3.63) is 54.3 Å². The van der Waals surface area contributed by atoms with Crippen molar-refractivity contribution in [2.75, 3.05) is 0 Å². The Balaban J connectivity index is 2.08. The average molecular weight is 293 g/mol. The molecule has 0 bridgehead atoms. The lowest BCUT2D eigenvalue weighted by Gasteiger charge is -2.47. The summed E-state index contributed by atoms with van der Waals surface area (Å²) in [4.78, 5) is 3.42. The molecule has 2 aromatic rings. The van der Waals surface area contributed by atoms with E-state index in [0.717, 1.165) is 6.42 Å². The minimum absolute atomic E-state index is 0.0179. The van der Waals surface area contributed by atoms with E-state index < -0.39 is 0 Å². The third-order valence-electron chi connectivity index (χ3n) is 6.04. The molecule has 0 saturated carbocycles. The molecule has 0 saturated heterocycles. The number of hydrogen-bond acceptors (Lipinski definition) is 1. The largest absolute Gasteiger partial charge is 0.392 e. The summed E-state index contributed by atoms with van der Waals surface area (Å²) in [5.74, 6) is 0.337. The van der Waals surface area contributed by atoms with Gasteiger partial charge in [-0.3, -0.25) is 0 Å². The zero-order valence-corrected chi connectivity index (χ0v) is 13.5. The van der Waals surface area contributed by atoms with Gasteiger partial charge in [-0.1, -0.05) is 45.1 Å². The van der Waals surface area contributed by atoms with Gasteiger partial charge in [0, 0.05) is 28.1 Å². The molecule has 2 aliphatic carbocycles. The van der Waals surface area contributed by atoms with Crippen LogP contribution in [0, 0.1) is 11.3 Å². The van der Waals surface area contributed by atoms with Gasteiger partial charge in [-0.15, -0.1) is 6.58 Å². The Bertz CT molecular complexity index is 810. The second-order valence-corrected chi connectivity index (χ2v) is 7.63. The number of benzene rings is 1. The van der Waals surface area contributed by atoms with Crippen LogP contribution in [0.4, 0.5) is 0 Å². The van der Waals surface area contributed by atoms with E-state index in [4.69, 9.17) is 0 Å². The predicted octanol–water partition coefficient (Wildman–Crippen LogP) is 4.42. The Hall–Kier alpha value is -1.80. The summed E-state index contributed by atoms with van der Waals surface area (Å²) in [7, 11) is 0. The van der Waals surface area contributed by atoms with E-state index in [-0.39, 0.29) is 16.9 Å². The van der Waals surface area contributed by atoms with Crippen molar-refractivity contribution < 1.29 is 5.11 Å². The normalized spacial score (nSPS) is 32.5. The molecule has 1 aromatic heterocycles. The van der Waals surface area contributed by atoms with Gasteiger partial charge in [0.2, 0.25) is 0 Å². The van der Waals surface area contributed by atoms with Crippen molar-refractivity contribution in [3.63, 3.8) is 0 Å². The van der Waals surface area contributed by atoms with E-state index >= 15 is 0 Å². The van der Waals surface area contributed by atoms with E-state index in [1.807, 2.05) is 6.08 Å². The quantitative estimate of drug-likeness (QED) is 0.750. The Labute approximate surface area is 131 Å². The van der Waals surface area contributed by atoms with Gasteiger partial charge in [0.25, 0.3) is 0 Å². The van der Waals surface area contributed by atoms with Gasteiger partial charge < -0.3 is 10.1 Å². The predicted molar refractivity (Wildman–Crippen MR) is 91.7 cm³/mol. The molecule has 0 aliphatic heterocycles. The molecular weight excluding hydrogens is 270 g/mol. The number of aromatic nitrogens is 1. The molecule has 0 fully saturated rings. The molecule has 4 rings (SSSR count). The summed E-state index contributed by atoms with van der Waals surface area (Å²) in [5.41, 5.74) is 4.92. The van der Waals surface area contributed by atoms with Crippen molar-refractivity contribution in [1.29, 1.82) is 0 Å². The van der Waals surface area contributed by atoms with Gasteiger partial charge in [-0.25, -0.2) is 0 Å². The number of aromatic amines is 1. The summed E-state index contributed by atoms with van der Waals surface area (Å²) >= 11 is 0. The molecule has 0 radical (unpaired) electrons. The second kappa shape index (κ2) is 4.14. The van der Waals surface area contributed by atoms with Crippen LogP contribution in [-0.2, 0) is 5.41 Å². The number of aliphatic hydroxyl groups is 1. The van der Waals surface area contributed by atoms with Gasteiger partial charge in [0.15, 0.2) is 0 Å². The van der Waals surface area contributed by atoms with Crippen LogP contribution in [0.2, 0.25) is 0 Å². The summed E-state index contributed by atoms with van der Waals surface area (Å²) < 4.78 is 0. The number of aliphatic hydroxyl groups excluding tert-OH is 1. The van der Waals surface area contributed by atoms with Crippen LogP contribution < -0.4 is 0 Å². The first kappa shape index (κ1) is 13.8. The molecule has 1 aromatic carbocycles. The molecule has 1 heterocycles. The standard InChI is InChI=1S/C20H23NO/c1-5-20(4)10-12-13-11-21-16-8-6-7-14(18(13)16)19(2,3)15(12)9-17(20)22/h5-8,10-11,15,17,21-22H,1,9H2,2-4H3/t15-,17+,20+/m0/s1. The number of fused-ring (bicyclic) bond motifs is 2. The third kappa shape index (κ3) is 1.54. The van der Waals surface area contributed by atoms with Crippen molar-refractivity contribution >= 4 is 16.5 Å². The second-order valence-electron chi connectivity index (χ2n) is 7.63. The van der Waals surface area contributed by atoms with Crippen LogP contribution in [0.3, 0.4) is 0 Å². The molecule has 0 unspecified atom stereocenters. The summed E-state index contributed by atoms with van der Waals surface area (Å²) in [6, 6.07) is 6.51. The molecular formula is C20H23NO. The highest BCUT2D eigenvalue weighted by Crippen LogP contribution is 2.55. The molecule has 2 aliphatic rings. The maximum absolute atomic E-state index is 10.7. The average Bonchev–Trinajstić information content (AvgIpc) is 2.92. The highest BCUT2D eigenvalue weighted by Gasteiger charge is 2.47. The molecule has 114 valence electrons. The van der Waals surface area contributed by atoms with E-state index in [0.29, 0.717) is 5.92 Å². The zero-order valence-electron chi connectivity index (χ0n) is 13.5. The van der Waals surface area contributed by atoms with Crippen LogP contribution in [-0.4, -0.2) is 16.2 Å². The fourth-order valence-corrected chi connectivity index (χ4v) is 4.42. The smallest absolute Gasteiger partial charge is 0.0669 e. The summed E-state index contributed by atoms with van der Waals surface area (Å²) in [6.45, 7) is 10.6. The Kier molecular flexibility index (Phi) is 2.60. The molecule has 0 amide bonds. The molecule has 0 spiro atoms. The highest BCUT2D eigenvalue weighted by molar-refractivity contribution is 5.99. The first-order chi connectivity index (χ1) is 10.4. The van der Waals surface area contributed by atoms with Gasteiger partial charge in [0.1, 0.15) is 0 Å². The van der Waals surface area contributed by atoms with Crippen LogP contribution in [0.25, 0.3) is 16.5 Å². The third-order valence-corrected chi connectivity index (χ3v) is 6.04. The first-order valence-corrected chi connectivity index (χ1v) is 8.04. The fourth-order valence-electron chi connectivity index (χ4n) is 4.42. The van der Waals surface area contributed by atoms with Crippen molar-refractivity contribution in [2.45, 2.75) is 38.7 Å². The molecule has 2 nitrogen and oxygen atoms in total. The minimum atomic E-state index is -0.377. The maximum atomic E-state index is 10.7.